The zero-order valence-electron chi connectivity index (χ0n) is 17.6. The molecule has 0 saturated carbocycles. The first kappa shape index (κ1) is 21.2. The Morgan fingerprint density at radius 2 is 1.73 bits per heavy atom. The number of amides is 1. The van der Waals surface area contributed by atoms with Crippen molar-refractivity contribution in [1.29, 1.82) is 0 Å². The highest BCUT2D eigenvalue weighted by Crippen LogP contribution is 2.24. The summed E-state index contributed by atoms with van der Waals surface area (Å²) in [6, 6.07) is 12.6. The fourth-order valence-corrected chi connectivity index (χ4v) is 3.05. The predicted octanol–water partition coefficient (Wildman–Crippen LogP) is 4.35. The highest BCUT2D eigenvalue weighted by molar-refractivity contribution is 6.04. The average Bonchev–Trinajstić information content (AvgIpc) is 2.72. The number of nitrogens with zero attached hydrogens (tertiary/aromatic N) is 3. The van der Waals surface area contributed by atoms with Crippen LogP contribution in [-0.2, 0) is 22.6 Å². The first-order valence-corrected chi connectivity index (χ1v) is 9.61. The number of methoxy groups -OCH3 is 1. The Bertz CT molecular complexity index is 1050. The molecule has 156 valence electrons. The highest BCUT2D eigenvalue weighted by Gasteiger charge is 2.24. The minimum absolute atomic E-state index is 0.250. The molecule has 1 amide bonds. The predicted molar refractivity (Wildman–Crippen MR) is 113 cm³/mol. The molecule has 0 aliphatic carbocycles. The zero-order valence-corrected chi connectivity index (χ0v) is 17.6. The van der Waals surface area contributed by atoms with Gasteiger partial charge in [0.2, 0.25) is 0 Å². The largest absolute Gasteiger partial charge is 0.465 e. The third-order valence-electron chi connectivity index (χ3n) is 4.35. The molecule has 3 aromatic rings. The molecule has 1 aromatic carbocycles. The second-order valence-corrected chi connectivity index (χ2v) is 7.82. The summed E-state index contributed by atoms with van der Waals surface area (Å²) in [4.78, 5) is 35.4. The van der Waals surface area contributed by atoms with Crippen molar-refractivity contribution in [1.82, 2.24) is 14.9 Å². The van der Waals surface area contributed by atoms with Crippen molar-refractivity contribution in [2.45, 2.75) is 39.5 Å². The number of esters is 1. The van der Waals surface area contributed by atoms with Crippen LogP contribution in [-0.4, -0.2) is 39.6 Å². The number of rotatable bonds is 5. The number of aromatic nitrogens is 2. The van der Waals surface area contributed by atoms with Crippen LogP contribution in [0.1, 0.15) is 42.4 Å². The van der Waals surface area contributed by atoms with E-state index in [-0.39, 0.29) is 13.1 Å². The van der Waals surface area contributed by atoms with Gasteiger partial charge < -0.3 is 9.47 Å². The lowest BCUT2D eigenvalue weighted by atomic mass is 10.0. The van der Waals surface area contributed by atoms with Gasteiger partial charge in [-0.3, -0.25) is 14.9 Å². The Hall–Kier alpha value is -3.48. The molecular formula is C23H25N3O4. The van der Waals surface area contributed by atoms with Gasteiger partial charge in [-0.2, -0.15) is 0 Å². The van der Waals surface area contributed by atoms with Gasteiger partial charge in [-0.05, 0) is 50.6 Å². The molecule has 0 atom stereocenters. The summed E-state index contributed by atoms with van der Waals surface area (Å²) in [5.41, 5.74) is 1.97. The lowest BCUT2D eigenvalue weighted by Gasteiger charge is -2.27. The van der Waals surface area contributed by atoms with E-state index in [9.17, 15) is 9.59 Å². The number of carbonyl (C=O) groups is 2. The minimum Gasteiger partial charge on any atom is -0.465 e. The number of pyridine rings is 2. The molecule has 0 aliphatic heterocycles. The highest BCUT2D eigenvalue weighted by atomic mass is 16.6. The van der Waals surface area contributed by atoms with Crippen LogP contribution in [0.2, 0.25) is 0 Å². The fourth-order valence-electron chi connectivity index (χ4n) is 3.05. The monoisotopic (exact) mass is 407 g/mol. The fraction of sp³-hybridized carbons (Fsp3) is 0.304. The number of hydrogen-bond acceptors (Lipinski definition) is 6. The number of benzene rings is 1. The second-order valence-electron chi connectivity index (χ2n) is 7.82. The maximum atomic E-state index is 12.9. The normalized spacial score (nSPS) is 11.2. The van der Waals surface area contributed by atoms with E-state index in [4.69, 9.17) is 9.47 Å². The van der Waals surface area contributed by atoms with E-state index in [1.54, 1.807) is 35.5 Å². The van der Waals surface area contributed by atoms with Crippen LogP contribution >= 0.6 is 0 Å². The molecule has 30 heavy (non-hydrogen) atoms. The summed E-state index contributed by atoms with van der Waals surface area (Å²) in [5.74, 6) is -0.433. The molecule has 0 bridgehead atoms. The number of fused-ring (bicyclic) bond motifs is 1. The van der Waals surface area contributed by atoms with Gasteiger partial charge in [-0.15, -0.1) is 0 Å². The van der Waals surface area contributed by atoms with Crippen LogP contribution in [0.5, 0.6) is 0 Å². The van der Waals surface area contributed by atoms with Gasteiger partial charge in [0.15, 0.2) is 0 Å². The second kappa shape index (κ2) is 8.90. The average molecular weight is 407 g/mol. The van der Waals surface area contributed by atoms with E-state index >= 15 is 0 Å². The number of hydrogen-bond donors (Lipinski definition) is 0. The van der Waals surface area contributed by atoms with Crippen molar-refractivity contribution >= 4 is 23.0 Å². The molecular weight excluding hydrogens is 382 g/mol. The van der Waals surface area contributed by atoms with Gasteiger partial charge in [-0.25, -0.2) is 9.59 Å². The third-order valence-corrected chi connectivity index (χ3v) is 4.35. The van der Waals surface area contributed by atoms with Gasteiger partial charge in [0.05, 0.1) is 37.0 Å². The molecule has 2 heterocycles. The molecule has 0 fully saturated rings. The Balaban J connectivity index is 1.98. The summed E-state index contributed by atoms with van der Waals surface area (Å²) in [5, 5.41) is 0.670. The summed E-state index contributed by atoms with van der Waals surface area (Å²) in [6.45, 7) is 6.01. The lowest BCUT2D eigenvalue weighted by Crippen LogP contribution is -2.36. The van der Waals surface area contributed by atoms with Crippen molar-refractivity contribution < 1.29 is 19.1 Å². The maximum absolute atomic E-state index is 12.9. The van der Waals surface area contributed by atoms with E-state index in [1.807, 2.05) is 45.0 Å². The molecule has 0 saturated heterocycles. The van der Waals surface area contributed by atoms with E-state index < -0.39 is 17.7 Å². The van der Waals surface area contributed by atoms with Crippen LogP contribution in [0, 0.1) is 0 Å². The first-order chi connectivity index (χ1) is 14.3. The molecule has 3 rings (SSSR count). The van der Waals surface area contributed by atoms with Crippen molar-refractivity contribution in [2.24, 2.45) is 0 Å². The van der Waals surface area contributed by atoms with Crippen LogP contribution in [0.3, 0.4) is 0 Å². The minimum atomic E-state index is -0.630. The van der Waals surface area contributed by atoms with Crippen molar-refractivity contribution in [3.8, 4) is 0 Å². The van der Waals surface area contributed by atoms with E-state index in [0.717, 1.165) is 11.3 Å². The number of ether oxygens (including phenoxy) is 2. The lowest BCUT2D eigenvalue weighted by molar-refractivity contribution is 0.0214. The smallest absolute Gasteiger partial charge is 0.410 e. The van der Waals surface area contributed by atoms with Gasteiger partial charge in [-0.1, -0.05) is 18.2 Å². The zero-order chi connectivity index (χ0) is 21.7. The van der Waals surface area contributed by atoms with Crippen molar-refractivity contribution in [2.75, 3.05) is 7.11 Å². The van der Waals surface area contributed by atoms with Crippen molar-refractivity contribution in [3.63, 3.8) is 0 Å². The standard InChI is InChI=1S/C23H25N3O4/c1-23(2,3)30-22(28)26(15-17-8-5-6-12-24-17)14-16-10-11-19(21(27)29-4)18-9-7-13-25-20(16)18/h5-13H,14-15H2,1-4H3. The van der Waals surface area contributed by atoms with Crippen LogP contribution in [0.25, 0.3) is 10.9 Å². The van der Waals surface area contributed by atoms with E-state index in [2.05, 4.69) is 9.97 Å². The quantitative estimate of drug-likeness (QED) is 0.585. The number of carbonyl (C=O) groups excluding carboxylic acids is 2. The molecule has 0 N–H and O–H groups in total. The molecule has 0 radical (unpaired) electrons. The Morgan fingerprint density at radius 1 is 0.967 bits per heavy atom. The summed E-state index contributed by atoms with van der Waals surface area (Å²) < 4.78 is 10.5. The Kier molecular flexibility index (Phi) is 6.30. The maximum Gasteiger partial charge on any atom is 0.410 e. The topological polar surface area (TPSA) is 81.6 Å². The van der Waals surface area contributed by atoms with Crippen LogP contribution in [0.4, 0.5) is 4.79 Å². The van der Waals surface area contributed by atoms with Crippen molar-refractivity contribution in [3.05, 3.63) is 71.7 Å². The third kappa shape index (κ3) is 5.11. The first-order valence-electron chi connectivity index (χ1n) is 9.61. The molecule has 7 nitrogen and oxygen atoms in total. The van der Waals surface area contributed by atoms with Gasteiger partial charge >= 0.3 is 12.1 Å². The van der Waals surface area contributed by atoms with E-state index in [1.165, 1.54) is 7.11 Å². The van der Waals surface area contributed by atoms with Crippen LogP contribution < -0.4 is 0 Å². The Morgan fingerprint density at radius 3 is 2.40 bits per heavy atom. The SMILES string of the molecule is COC(=O)c1ccc(CN(Cc2ccccn2)C(=O)OC(C)(C)C)c2ncccc12. The van der Waals surface area contributed by atoms with Crippen LogP contribution in [0.15, 0.2) is 54.9 Å². The van der Waals surface area contributed by atoms with Gasteiger partial charge in [0.25, 0.3) is 0 Å². The van der Waals surface area contributed by atoms with E-state index in [0.29, 0.717) is 16.5 Å². The van der Waals surface area contributed by atoms with Gasteiger partial charge in [0, 0.05) is 17.8 Å². The molecule has 0 aliphatic rings. The summed E-state index contributed by atoms with van der Waals surface area (Å²) in [7, 11) is 1.34. The molecule has 0 unspecified atom stereocenters. The Labute approximate surface area is 175 Å². The molecule has 7 heteroatoms. The van der Waals surface area contributed by atoms with Gasteiger partial charge in [0.1, 0.15) is 5.60 Å². The summed E-state index contributed by atoms with van der Waals surface area (Å²) in [6.07, 6.45) is 2.89. The molecule has 2 aromatic heterocycles. The summed E-state index contributed by atoms with van der Waals surface area (Å²) >= 11 is 0. The molecule has 0 spiro atoms.